The summed E-state index contributed by atoms with van der Waals surface area (Å²) in [6.07, 6.45) is 4.86. The summed E-state index contributed by atoms with van der Waals surface area (Å²) in [5.74, 6) is 0.857. The fourth-order valence-corrected chi connectivity index (χ4v) is 5.90. The lowest BCUT2D eigenvalue weighted by Crippen LogP contribution is -2.45. The first-order valence-electron chi connectivity index (χ1n) is 10.6. The predicted molar refractivity (Wildman–Crippen MR) is 120 cm³/mol. The van der Waals surface area contributed by atoms with Gasteiger partial charge in [-0.25, -0.2) is 4.39 Å². The number of aryl methyl sites for hydroxylation is 1. The Morgan fingerprint density at radius 1 is 1.16 bits per heavy atom. The van der Waals surface area contributed by atoms with E-state index in [2.05, 4.69) is 10.2 Å². The molecule has 2 saturated carbocycles. The molecule has 0 unspecified atom stereocenters. The van der Waals surface area contributed by atoms with Crippen molar-refractivity contribution in [2.45, 2.75) is 37.9 Å². The minimum Gasteiger partial charge on any atom is -0.507 e. The summed E-state index contributed by atoms with van der Waals surface area (Å²) < 4.78 is 16.5. The Morgan fingerprint density at radius 3 is 2.74 bits per heavy atom. The second-order valence-corrected chi connectivity index (χ2v) is 9.74. The number of anilines is 1. The second-order valence-electron chi connectivity index (χ2n) is 8.78. The Labute approximate surface area is 184 Å². The average molecular weight is 441 g/mol. The third-order valence-electron chi connectivity index (χ3n) is 6.85. The van der Waals surface area contributed by atoms with Gasteiger partial charge in [0.2, 0.25) is 5.13 Å². The molecule has 2 bridgehead atoms. The minimum atomic E-state index is -0.831. The van der Waals surface area contributed by atoms with E-state index in [1.165, 1.54) is 22.0 Å². The van der Waals surface area contributed by atoms with Crippen molar-refractivity contribution in [3.8, 4) is 27.4 Å². The van der Waals surface area contributed by atoms with Gasteiger partial charge in [0.25, 0.3) is 5.56 Å². The highest BCUT2D eigenvalue weighted by molar-refractivity contribution is 7.18. The molecule has 8 heteroatoms. The van der Waals surface area contributed by atoms with Gasteiger partial charge in [-0.3, -0.25) is 4.79 Å². The zero-order valence-electron chi connectivity index (χ0n) is 17.5. The summed E-state index contributed by atoms with van der Waals surface area (Å²) in [4.78, 5) is 13.8. The fraction of sp³-hybridized carbons (Fsp3) is 0.435. The SMILES string of the molecule is CN(c1nnc(-c2ccc(-c3ccn(C)c(=O)c3)cc2O)s1)[C@H]1C[C@@H]2CC[C@@H](C2)[C@H]1F. The molecule has 2 aliphatic rings. The molecule has 6 nitrogen and oxygen atoms in total. The number of aromatic hydroxyl groups is 1. The van der Waals surface area contributed by atoms with Crippen molar-refractivity contribution in [3.63, 3.8) is 0 Å². The highest BCUT2D eigenvalue weighted by atomic mass is 32.1. The molecule has 2 aromatic heterocycles. The van der Waals surface area contributed by atoms with Crippen LogP contribution in [0.4, 0.5) is 9.52 Å². The van der Waals surface area contributed by atoms with Crippen LogP contribution >= 0.6 is 11.3 Å². The van der Waals surface area contributed by atoms with E-state index >= 15 is 0 Å². The van der Waals surface area contributed by atoms with Gasteiger partial charge in [0.1, 0.15) is 11.9 Å². The van der Waals surface area contributed by atoms with Crippen molar-refractivity contribution >= 4 is 16.5 Å². The summed E-state index contributed by atoms with van der Waals surface area (Å²) in [5.41, 5.74) is 1.95. The smallest absolute Gasteiger partial charge is 0.250 e. The molecule has 1 aromatic carbocycles. The normalized spacial score (nSPS) is 25.0. The van der Waals surface area contributed by atoms with Crippen molar-refractivity contribution in [2.75, 3.05) is 11.9 Å². The number of nitrogens with zero attached hydrogens (tertiary/aromatic N) is 4. The Balaban J connectivity index is 1.39. The fourth-order valence-electron chi connectivity index (χ4n) is 5.00. The number of alkyl halides is 1. The minimum absolute atomic E-state index is 0.0719. The van der Waals surface area contributed by atoms with Gasteiger partial charge in [0, 0.05) is 26.4 Å². The topological polar surface area (TPSA) is 71.2 Å². The third-order valence-corrected chi connectivity index (χ3v) is 7.90. The van der Waals surface area contributed by atoms with Gasteiger partial charge in [-0.1, -0.05) is 17.4 Å². The molecular formula is C23H25FN4O2S. The Kier molecular flexibility index (Phi) is 5.04. The molecule has 0 radical (unpaired) electrons. The van der Waals surface area contributed by atoms with Gasteiger partial charge in [-0.2, -0.15) is 0 Å². The Morgan fingerprint density at radius 2 is 1.97 bits per heavy atom. The second kappa shape index (κ2) is 7.75. The lowest BCUT2D eigenvalue weighted by Gasteiger charge is -2.37. The van der Waals surface area contributed by atoms with E-state index in [1.54, 1.807) is 25.4 Å². The summed E-state index contributed by atoms with van der Waals surface area (Å²) in [5, 5.41) is 20.4. The van der Waals surface area contributed by atoms with Crippen LogP contribution in [0.25, 0.3) is 21.7 Å². The first kappa shape index (κ1) is 20.2. The number of hydrogen-bond donors (Lipinski definition) is 1. The van der Waals surface area contributed by atoms with E-state index in [0.717, 1.165) is 36.8 Å². The van der Waals surface area contributed by atoms with Gasteiger partial charge in [0.05, 0.1) is 11.6 Å². The van der Waals surface area contributed by atoms with Crippen LogP contribution in [0.5, 0.6) is 5.75 Å². The van der Waals surface area contributed by atoms with E-state index in [1.807, 2.05) is 24.1 Å². The van der Waals surface area contributed by atoms with Crippen LogP contribution in [0.2, 0.25) is 0 Å². The number of halogens is 1. The molecule has 2 heterocycles. The van der Waals surface area contributed by atoms with Crippen molar-refractivity contribution in [1.82, 2.24) is 14.8 Å². The van der Waals surface area contributed by atoms with Crippen LogP contribution in [0.3, 0.4) is 0 Å². The number of rotatable bonds is 4. The highest BCUT2D eigenvalue weighted by Gasteiger charge is 2.44. The molecule has 0 saturated heterocycles. The zero-order valence-corrected chi connectivity index (χ0v) is 18.3. The first-order chi connectivity index (χ1) is 14.9. The molecule has 0 spiro atoms. The average Bonchev–Trinajstić information content (AvgIpc) is 3.40. The van der Waals surface area contributed by atoms with Crippen molar-refractivity contribution in [1.29, 1.82) is 0 Å². The lowest BCUT2D eigenvalue weighted by atomic mass is 9.83. The standard InChI is InChI=1S/C23H25FN4O2S/c1-27-8-7-15(12-20(27)30)14-5-6-17(19(29)11-14)22-25-26-23(31-22)28(2)18-10-13-3-4-16(9-13)21(18)24/h5-8,11-13,16,18,21,29H,3-4,9-10H2,1-2H3/t13-,16+,18+,21-/m1/s1. The summed E-state index contributed by atoms with van der Waals surface area (Å²) in [6.45, 7) is 0. The monoisotopic (exact) mass is 440 g/mol. The lowest BCUT2D eigenvalue weighted by molar-refractivity contribution is 0.144. The van der Waals surface area contributed by atoms with Crippen molar-refractivity contribution in [3.05, 3.63) is 46.9 Å². The van der Waals surface area contributed by atoms with Crippen LogP contribution in [-0.2, 0) is 7.05 Å². The van der Waals surface area contributed by atoms with Crippen LogP contribution in [0, 0.1) is 11.8 Å². The molecule has 3 aromatic rings. The number of aromatic nitrogens is 3. The molecule has 31 heavy (non-hydrogen) atoms. The maximum atomic E-state index is 15.0. The molecule has 1 N–H and O–H groups in total. The number of hydrogen-bond acceptors (Lipinski definition) is 6. The predicted octanol–water partition coefficient (Wildman–Crippen LogP) is 4.24. The molecular weight excluding hydrogens is 415 g/mol. The summed E-state index contributed by atoms with van der Waals surface area (Å²) >= 11 is 1.36. The number of pyridine rings is 1. The van der Waals surface area contributed by atoms with Crippen LogP contribution in [0.1, 0.15) is 25.7 Å². The highest BCUT2D eigenvalue weighted by Crippen LogP contribution is 2.46. The molecule has 162 valence electrons. The summed E-state index contributed by atoms with van der Waals surface area (Å²) in [7, 11) is 3.59. The molecule has 5 rings (SSSR count). The quantitative estimate of drug-likeness (QED) is 0.657. The van der Waals surface area contributed by atoms with Crippen LogP contribution in [0.15, 0.2) is 41.3 Å². The maximum Gasteiger partial charge on any atom is 0.250 e. The third kappa shape index (κ3) is 3.63. The molecule has 0 aliphatic heterocycles. The van der Waals surface area contributed by atoms with E-state index in [-0.39, 0.29) is 23.3 Å². The van der Waals surface area contributed by atoms with E-state index in [0.29, 0.717) is 21.6 Å². The van der Waals surface area contributed by atoms with Gasteiger partial charge in [0.15, 0.2) is 5.01 Å². The number of phenols is 1. The maximum absolute atomic E-state index is 15.0. The van der Waals surface area contributed by atoms with Gasteiger partial charge >= 0.3 is 0 Å². The van der Waals surface area contributed by atoms with E-state index in [4.69, 9.17) is 0 Å². The zero-order chi connectivity index (χ0) is 21.7. The molecule has 4 atom stereocenters. The van der Waals surface area contributed by atoms with Gasteiger partial charge in [-0.05, 0) is 66.8 Å². The number of fused-ring (bicyclic) bond motifs is 2. The molecule has 2 fully saturated rings. The van der Waals surface area contributed by atoms with Crippen molar-refractivity contribution in [2.24, 2.45) is 18.9 Å². The molecule has 0 amide bonds. The van der Waals surface area contributed by atoms with Crippen molar-refractivity contribution < 1.29 is 9.50 Å². The van der Waals surface area contributed by atoms with Gasteiger partial charge in [-0.15, -0.1) is 10.2 Å². The number of benzene rings is 1. The summed E-state index contributed by atoms with van der Waals surface area (Å²) in [6, 6.07) is 8.47. The largest absolute Gasteiger partial charge is 0.507 e. The van der Waals surface area contributed by atoms with E-state index < -0.39 is 6.17 Å². The van der Waals surface area contributed by atoms with Gasteiger partial charge < -0.3 is 14.6 Å². The Bertz CT molecular complexity index is 1180. The Hall–Kier alpha value is -2.74. The van der Waals surface area contributed by atoms with E-state index in [9.17, 15) is 14.3 Å². The van der Waals surface area contributed by atoms with Crippen LogP contribution < -0.4 is 10.5 Å². The first-order valence-corrected chi connectivity index (χ1v) is 11.4. The van der Waals surface area contributed by atoms with Crippen LogP contribution in [-0.4, -0.2) is 39.1 Å². The number of phenolic OH excluding ortho intramolecular Hbond substituents is 1. The molecule has 2 aliphatic carbocycles.